The number of aryl methyl sites for hydroxylation is 1. The number of ether oxygens (including phenoxy) is 3. The first-order chi connectivity index (χ1) is 18.3. The van der Waals surface area contributed by atoms with Gasteiger partial charge in [0.1, 0.15) is 29.1 Å². The van der Waals surface area contributed by atoms with Gasteiger partial charge < -0.3 is 29.5 Å². The second kappa shape index (κ2) is 10.4. The molecule has 1 aliphatic rings. The lowest BCUT2D eigenvalue weighted by Gasteiger charge is -2.24. The van der Waals surface area contributed by atoms with Crippen molar-refractivity contribution in [1.29, 1.82) is 0 Å². The van der Waals surface area contributed by atoms with Gasteiger partial charge in [-0.3, -0.25) is 14.6 Å². The summed E-state index contributed by atoms with van der Waals surface area (Å²) in [5, 5.41) is 33.3. The van der Waals surface area contributed by atoms with Gasteiger partial charge in [0, 0.05) is 34.4 Å². The molecule has 1 aromatic heterocycles. The first kappa shape index (κ1) is 27.7. The zero-order valence-electron chi connectivity index (χ0n) is 21.0. The molecule has 39 heavy (non-hydrogen) atoms. The van der Waals surface area contributed by atoms with Crippen LogP contribution < -0.4 is 4.74 Å². The maximum absolute atomic E-state index is 12.6. The Morgan fingerprint density at radius 2 is 1.79 bits per heavy atom. The van der Waals surface area contributed by atoms with E-state index in [1.807, 2.05) is 0 Å². The molecule has 4 rings (SSSR count). The third-order valence-corrected chi connectivity index (χ3v) is 6.49. The number of aromatic nitrogens is 1. The van der Waals surface area contributed by atoms with Crippen LogP contribution in [-0.4, -0.2) is 45.5 Å². The summed E-state index contributed by atoms with van der Waals surface area (Å²) in [5.41, 5.74) is 0.971. The number of Topliss-reactive ketones (excluding diaryl/α,β-unsaturated/α-hetero) is 1. The minimum absolute atomic E-state index is 0.0274. The van der Waals surface area contributed by atoms with E-state index < -0.39 is 53.8 Å². The lowest BCUT2D eigenvalue weighted by molar-refractivity contribution is -0.274. The molecule has 9 nitrogen and oxygen atoms in total. The lowest BCUT2D eigenvalue weighted by atomic mass is 9.83. The largest absolute Gasteiger partial charge is 0.573 e. The molecule has 3 N–H and O–H groups in total. The van der Waals surface area contributed by atoms with Crippen LogP contribution in [0.1, 0.15) is 69.2 Å². The topological polar surface area (TPSA) is 135 Å². The molecule has 0 amide bonds. The normalized spacial score (nSPS) is 15.5. The molecule has 0 saturated heterocycles. The molecule has 0 radical (unpaired) electrons. The Labute approximate surface area is 220 Å². The van der Waals surface area contributed by atoms with Crippen LogP contribution in [0.25, 0.3) is 0 Å². The number of phenolic OH excluding ortho intramolecular Hbond substituents is 2. The van der Waals surface area contributed by atoms with Crippen LogP contribution in [0, 0.1) is 6.92 Å². The molecule has 2 aromatic carbocycles. The Balaban J connectivity index is 1.92. The molecule has 0 saturated carbocycles. The number of halogens is 3. The predicted octanol–water partition coefficient (Wildman–Crippen LogP) is 4.92. The number of carbonyl (C=O) groups is 2. The molecule has 12 heteroatoms. The number of alkyl halides is 3. The van der Waals surface area contributed by atoms with Gasteiger partial charge in [-0.05, 0) is 37.6 Å². The number of methoxy groups -OCH3 is 1. The molecular formula is C27H24F3NO8. The molecule has 2 heterocycles. The predicted molar refractivity (Wildman–Crippen MR) is 129 cm³/mol. The number of pyridine rings is 1. The van der Waals surface area contributed by atoms with Gasteiger partial charge in [-0.15, -0.1) is 13.2 Å². The maximum Gasteiger partial charge on any atom is 0.573 e. The van der Waals surface area contributed by atoms with E-state index >= 15 is 0 Å². The van der Waals surface area contributed by atoms with Crippen molar-refractivity contribution in [2.45, 2.75) is 45.3 Å². The Kier molecular flexibility index (Phi) is 7.42. The Hall–Kier alpha value is -4.32. The van der Waals surface area contributed by atoms with Crippen LogP contribution in [0.4, 0.5) is 13.2 Å². The highest BCUT2D eigenvalue weighted by Crippen LogP contribution is 2.50. The van der Waals surface area contributed by atoms with Crippen LogP contribution in [0.3, 0.4) is 0 Å². The first-order valence-electron chi connectivity index (χ1n) is 11.6. The summed E-state index contributed by atoms with van der Waals surface area (Å²) in [6.07, 6.45) is -4.92. The molecule has 0 aliphatic carbocycles. The third-order valence-electron chi connectivity index (χ3n) is 6.49. The van der Waals surface area contributed by atoms with Crippen LogP contribution in [0.15, 0.2) is 36.5 Å². The van der Waals surface area contributed by atoms with Gasteiger partial charge in [0.05, 0.1) is 31.4 Å². The average Bonchev–Trinajstić information content (AvgIpc) is 3.29. The van der Waals surface area contributed by atoms with E-state index in [2.05, 4.69) is 9.72 Å². The molecule has 0 spiro atoms. The van der Waals surface area contributed by atoms with E-state index in [0.717, 1.165) is 19.2 Å². The number of carbonyl (C=O) groups excluding carboxylic acids is 2. The van der Waals surface area contributed by atoms with Crippen LogP contribution in [0.2, 0.25) is 0 Å². The van der Waals surface area contributed by atoms with Crippen molar-refractivity contribution in [1.82, 2.24) is 4.98 Å². The van der Waals surface area contributed by atoms with Gasteiger partial charge in [0.2, 0.25) is 0 Å². The van der Waals surface area contributed by atoms with Gasteiger partial charge in [-0.25, -0.2) is 0 Å². The quantitative estimate of drug-likeness (QED) is 0.278. The highest BCUT2D eigenvalue weighted by atomic mass is 19.4. The van der Waals surface area contributed by atoms with Crippen LogP contribution in [0.5, 0.6) is 23.0 Å². The molecule has 0 bridgehead atoms. The summed E-state index contributed by atoms with van der Waals surface area (Å²) >= 11 is 0. The van der Waals surface area contributed by atoms with Gasteiger partial charge in [0.25, 0.3) is 0 Å². The van der Waals surface area contributed by atoms with Crippen molar-refractivity contribution < 1.29 is 52.3 Å². The summed E-state index contributed by atoms with van der Waals surface area (Å²) in [6, 6.07) is 5.73. The van der Waals surface area contributed by atoms with Gasteiger partial charge in [-0.2, -0.15) is 0 Å². The fraction of sp³-hybridized carbons (Fsp3) is 0.296. The number of aromatic hydroxyl groups is 3. The number of rotatable bonds is 7. The monoisotopic (exact) mass is 547 g/mol. The average molecular weight is 547 g/mol. The number of fused-ring (bicyclic) bond motifs is 1. The fourth-order valence-electron chi connectivity index (χ4n) is 4.60. The number of esters is 1. The number of ketones is 1. The molecule has 2 atom stereocenters. The van der Waals surface area contributed by atoms with E-state index in [1.165, 1.54) is 31.3 Å². The SMILES string of the molecule is COC(=O)CC(c1ccc(OC(F)(F)F)cc1)c1c(O)c(C(C)=O)cc(C2OCc3cnc(C)c(O)c32)c1O. The number of hydrogen-bond donors (Lipinski definition) is 3. The molecule has 3 aromatic rings. The number of benzene rings is 2. The van der Waals surface area contributed by atoms with Crippen molar-refractivity contribution in [2.75, 3.05) is 7.11 Å². The minimum atomic E-state index is -4.93. The van der Waals surface area contributed by atoms with Crippen molar-refractivity contribution in [3.05, 3.63) is 75.6 Å². The van der Waals surface area contributed by atoms with Crippen molar-refractivity contribution >= 4 is 11.8 Å². The Morgan fingerprint density at radius 3 is 2.38 bits per heavy atom. The van der Waals surface area contributed by atoms with Crippen molar-refractivity contribution in [2.24, 2.45) is 0 Å². The van der Waals surface area contributed by atoms with E-state index in [0.29, 0.717) is 16.8 Å². The summed E-state index contributed by atoms with van der Waals surface area (Å²) in [4.78, 5) is 29.0. The molecule has 0 fully saturated rings. The lowest BCUT2D eigenvalue weighted by Crippen LogP contribution is -2.17. The highest BCUT2D eigenvalue weighted by molar-refractivity contribution is 5.98. The summed E-state index contributed by atoms with van der Waals surface area (Å²) in [7, 11) is 1.12. The maximum atomic E-state index is 12.6. The number of nitrogens with zero attached hydrogens (tertiary/aromatic N) is 1. The number of phenols is 2. The van der Waals surface area contributed by atoms with Crippen molar-refractivity contribution in [3.63, 3.8) is 0 Å². The van der Waals surface area contributed by atoms with Crippen LogP contribution in [-0.2, 0) is 20.9 Å². The zero-order valence-corrected chi connectivity index (χ0v) is 21.0. The van der Waals surface area contributed by atoms with E-state index in [1.54, 1.807) is 6.92 Å². The smallest absolute Gasteiger partial charge is 0.507 e. The van der Waals surface area contributed by atoms with Gasteiger partial charge in [-0.1, -0.05) is 12.1 Å². The fourth-order valence-corrected chi connectivity index (χ4v) is 4.60. The minimum Gasteiger partial charge on any atom is -0.507 e. The second-order valence-electron chi connectivity index (χ2n) is 8.95. The van der Waals surface area contributed by atoms with E-state index in [4.69, 9.17) is 9.47 Å². The summed E-state index contributed by atoms with van der Waals surface area (Å²) in [6.45, 7) is 2.80. The third kappa shape index (κ3) is 5.46. The zero-order chi connectivity index (χ0) is 28.6. The van der Waals surface area contributed by atoms with Crippen LogP contribution >= 0.6 is 0 Å². The Morgan fingerprint density at radius 1 is 1.13 bits per heavy atom. The molecule has 1 aliphatic heterocycles. The van der Waals surface area contributed by atoms with E-state index in [-0.39, 0.29) is 34.6 Å². The van der Waals surface area contributed by atoms with Gasteiger partial charge in [0.15, 0.2) is 5.78 Å². The summed E-state index contributed by atoms with van der Waals surface area (Å²) in [5.74, 6) is -4.34. The summed E-state index contributed by atoms with van der Waals surface area (Å²) < 4.78 is 52.4. The number of hydrogen-bond acceptors (Lipinski definition) is 9. The first-order valence-corrected chi connectivity index (χ1v) is 11.6. The second-order valence-corrected chi connectivity index (χ2v) is 8.95. The van der Waals surface area contributed by atoms with E-state index in [9.17, 15) is 38.1 Å². The standard InChI is InChI=1S/C27H24F3NO8/c1-12-23(34)21-15(10-31-12)11-38-26(21)19-8-17(13(2)32)24(35)22(25(19)36)18(9-20(33)37-3)14-4-6-16(7-5-14)39-27(28,29)30/h4-8,10,18,26,34-36H,9,11H2,1-3H3. The molecular weight excluding hydrogens is 523 g/mol. The Bertz CT molecular complexity index is 1440. The van der Waals surface area contributed by atoms with Gasteiger partial charge >= 0.3 is 12.3 Å². The molecule has 206 valence electrons. The highest BCUT2D eigenvalue weighted by Gasteiger charge is 2.36. The van der Waals surface area contributed by atoms with Crippen molar-refractivity contribution in [3.8, 4) is 23.0 Å². The molecule has 2 unspecified atom stereocenters.